The summed E-state index contributed by atoms with van der Waals surface area (Å²) in [6, 6.07) is 62.0. The van der Waals surface area contributed by atoms with Crippen molar-refractivity contribution in [3.63, 3.8) is 0 Å². The third-order valence-corrected chi connectivity index (χ3v) is 9.67. The number of nitrogens with zero attached hydrogens (tertiary/aromatic N) is 1. The van der Waals surface area contributed by atoms with Crippen LogP contribution in [0.3, 0.4) is 0 Å². The number of benzene rings is 8. The van der Waals surface area contributed by atoms with Gasteiger partial charge in [-0.25, -0.2) is 0 Å². The lowest BCUT2D eigenvalue weighted by molar-refractivity contribution is 0.669. The third kappa shape index (κ3) is 4.37. The van der Waals surface area contributed by atoms with Crippen LogP contribution in [0.15, 0.2) is 185 Å². The van der Waals surface area contributed by atoms with Gasteiger partial charge < -0.3 is 13.7 Å². The lowest BCUT2D eigenvalue weighted by Crippen LogP contribution is -2.11. The number of furan rings is 2. The van der Waals surface area contributed by atoms with Gasteiger partial charge in [0.25, 0.3) is 0 Å². The number of fused-ring (bicyclic) bond motifs is 7. The molecule has 0 amide bonds. The summed E-state index contributed by atoms with van der Waals surface area (Å²) in [4.78, 5) is 2.38. The molecule has 0 aliphatic carbocycles. The summed E-state index contributed by atoms with van der Waals surface area (Å²) in [5, 5.41) is 6.83. The zero-order valence-electron chi connectivity index (χ0n) is 26.5. The molecule has 0 unspecified atom stereocenters. The van der Waals surface area contributed by atoms with Gasteiger partial charge in [-0.1, -0.05) is 133 Å². The Morgan fingerprint density at radius 3 is 1.88 bits per heavy atom. The van der Waals surface area contributed by atoms with E-state index < -0.39 is 0 Å². The first kappa shape index (κ1) is 27.5. The highest BCUT2D eigenvalue weighted by molar-refractivity contribution is 6.15. The lowest BCUT2D eigenvalue weighted by atomic mass is 9.96. The highest BCUT2D eigenvalue weighted by atomic mass is 16.3. The molecule has 0 aliphatic rings. The lowest BCUT2D eigenvalue weighted by Gasteiger charge is -2.29. The largest absolute Gasteiger partial charge is 0.456 e. The monoisotopic (exact) mass is 627 g/mol. The first-order valence-electron chi connectivity index (χ1n) is 16.6. The molecule has 3 nitrogen and oxygen atoms in total. The molecule has 0 aliphatic heterocycles. The Bertz CT molecular complexity index is 2850. The quantitative estimate of drug-likeness (QED) is 0.190. The smallest absolute Gasteiger partial charge is 0.143 e. The van der Waals surface area contributed by atoms with E-state index in [9.17, 15) is 0 Å². The molecule has 3 heteroatoms. The zero-order chi connectivity index (χ0) is 32.3. The van der Waals surface area contributed by atoms with Crippen molar-refractivity contribution in [2.75, 3.05) is 4.90 Å². The van der Waals surface area contributed by atoms with Crippen LogP contribution in [0.5, 0.6) is 0 Å². The van der Waals surface area contributed by atoms with Crippen LogP contribution in [0.25, 0.3) is 76.9 Å². The molecule has 8 aromatic carbocycles. The maximum Gasteiger partial charge on any atom is 0.143 e. The molecular weight excluding hydrogens is 599 g/mol. The van der Waals surface area contributed by atoms with Crippen molar-refractivity contribution >= 4 is 71.7 Å². The molecule has 49 heavy (non-hydrogen) atoms. The Hall–Kier alpha value is -6.58. The highest BCUT2D eigenvalue weighted by Gasteiger charge is 2.23. The Morgan fingerprint density at radius 2 is 0.959 bits per heavy atom. The summed E-state index contributed by atoms with van der Waals surface area (Å²) < 4.78 is 13.0. The molecule has 10 aromatic rings. The molecule has 0 saturated carbocycles. The average molecular weight is 628 g/mol. The van der Waals surface area contributed by atoms with E-state index in [0.29, 0.717) is 0 Å². The van der Waals surface area contributed by atoms with E-state index in [1.54, 1.807) is 0 Å². The van der Waals surface area contributed by atoms with Crippen LogP contribution in [-0.2, 0) is 0 Å². The van der Waals surface area contributed by atoms with Crippen molar-refractivity contribution < 1.29 is 8.83 Å². The van der Waals surface area contributed by atoms with Crippen LogP contribution in [0.2, 0.25) is 0 Å². The minimum atomic E-state index is 0.853. The topological polar surface area (TPSA) is 29.5 Å². The zero-order valence-corrected chi connectivity index (χ0v) is 26.5. The fourth-order valence-corrected chi connectivity index (χ4v) is 7.50. The van der Waals surface area contributed by atoms with Gasteiger partial charge in [0.05, 0.1) is 16.8 Å². The molecule has 10 rings (SSSR count). The van der Waals surface area contributed by atoms with Gasteiger partial charge in [-0.3, -0.25) is 0 Å². The fourth-order valence-electron chi connectivity index (χ4n) is 7.50. The normalized spacial score (nSPS) is 11.7. The molecule has 0 atom stereocenters. The minimum absolute atomic E-state index is 0.853. The van der Waals surface area contributed by atoms with Gasteiger partial charge in [-0.2, -0.15) is 0 Å². The molecule has 0 fully saturated rings. The van der Waals surface area contributed by atoms with Gasteiger partial charge >= 0.3 is 0 Å². The number of hydrogen-bond donors (Lipinski definition) is 0. The average Bonchev–Trinajstić information content (AvgIpc) is 3.74. The van der Waals surface area contributed by atoms with Crippen molar-refractivity contribution in [3.05, 3.63) is 176 Å². The molecule has 2 aromatic heterocycles. The molecule has 0 N–H and O–H groups in total. The van der Waals surface area contributed by atoms with Crippen LogP contribution >= 0.6 is 0 Å². The van der Waals surface area contributed by atoms with Gasteiger partial charge in [0.15, 0.2) is 0 Å². The summed E-state index contributed by atoms with van der Waals surface area (Å²) >= 11 is 0. The Kier molecular flexibility index (Phi) is 6.18. The molecule has 2 heterocycles. The predicted molar refractivity (Wildman–Crippen MR) is 204 cm³/mol. The van der Waals surface area contributed by atoms with Crippen LogP contribution in [0, 0.1) is 0 Å². The van der Waals surface area contributed by atoms with Crippen LogP contribution in [0.4, 0.5) is 17.1 Å². The van der Waals surface area contributed by atoms with Crippen molar-refractivity contribution in [2.45, 2.75) is 0 Å². The Morgan fingerprint density at radius 1 is 0.367 bits per heavy atom. The number of rotatable bonds is 5. The summed E-state index contributed by atoms with van der Waals surface area (Å²) in [7, 11) is 0. The molecule has 0 radical (unpaired) electrons. The second-order valence-corrected chi connectivity index (χ2v) is 12.5. The molecule has 0 bridgehead atoms. The Balaban J connectivity index is 1.27. The summed E-state index contributed by atoms with van der Waals surface area (Å²) in [5.41, 5.74) is 11.1. The van der Waals surface area contributed by atoms with E-state index in [-0.39, 0.29) is 0 Å². The second kappa shape index (κ2) is 11.0. The van der Waals surface area contributed by atoms with E-state index in [1.807, 2.05) is 24.3 Å². The number of anilines is 3. The third-order valence-electron chi connectivity index (χ3n) is 9.67. The molecule has 0 spiro atoms. The summed E-state index contributed by atoms with van der Waals surface area (Å²) in [6.07, 6.45) is 0. The van der Waals surface area contributed by atoms with Crippen LogP contribution < -0.4 is 4.90 Å². The van der Waals surface area contributed by atoms with Gasteiger partial charge in [-0.15, -0.1) is 0 Å². The number of hydrogen-bond acceptors (Lipinski definition) is 3. The molecular formula is C46H29NO2. The van der Waals surface area contributed by atoms with E-state index in [4.69, 9.17) is 8.83 Å². The van der Waals surface area contributed by atoms with Crippen molar-refractivity contribution in [2.24, 2.45) is 0 Å². The van der Waals surface area contributed by atoms with Crippen molar-refractivity contribution in [3.8, 4) is 22.3 Å². The standard InChI is InChI=1S/C46H29NO2/c1-2-17-33-30(13-1)14-10-21-34(33)31-15-9-16-32(29-31)47(41-25-12-28-44-45(41)39-20-5-8-27-43(39)48-44)40-24-6-3-18-35(40)37-22-11-23-38-36-19-4-7-26-42(36)49-46(37)38/h1-29H. The molecule has 230 valence electrons. The maximum atomic E-state index is 6.58. The Labute approximate surface area is 282 Å². The van der Waals surface area contributed by atoms with E-state index >= 15 is 0 Å². The van der Waals surface area contributed by atoms with Crippen LogP contribution in [-0.4, -0.2) is 0 Å². The van der Waals surface area contributed by atoms with Crippen molar-refractivity contribution in [1.82, 2.24) is 0 Å². The first-order chi connectivity index (χ1) is 24.3. The highest BCUT2D eigenvalue weighted by Crippen LogP contribution is 2.48. The minimum Gasteiger partial charge on any atom is -0.456 e. The second-order valence-electron chi connectivity index (χ2n) is 12.5. The number of para-hydroxylation sites is 4. The van der Waals surface area contributed by atoms with E-state index in [2.05, 4.69) is 157 Å². The van der Waals surface area contributed by atoms with E-state index in [1.165, 1.54) is 16.3 Å². The van der Waals surface area contributed by atoms with Crippen molar-refractivity contribution in [1.29, 1.82) is 0 Å². The van der Waals surface area contributed by atoms with Gasteiger partial charge in [0.2, 0.25) is 0 Å². The predicted octanol–water partition coefficient (Wildman–Crippen LogP) is 13.4. The SMILES string of the molecule is c1cc(-c2cccc3ccccc23)cc(N(c2ccccc2-c2cccc3c2oc2ccccc23)c2cccc3oc4ccccc4c23)c1. The summed E-state index contributed by atoms with van der Waals surface area (Å²) in [6.45, 7) is 0. The van der Waals surface area contributed by atoms with Crippen LogP contribution in [0.1, 0.15) is 0 Å². The van der Waals surface area contributed by atoms with E-state index in [0.717, 1.165) is 77.6 Å². The first-order valence-corrected chi connectivity index (χ1v) is 16.6. The van der Waals surface area contributed by atoms with Gasteiger partial charge in [-0.05, 0) is 64.4 Å². The van der Waals surface area contributed by atoms with Gasteiger partial charge in [0.1, 0.15) is 22.3 Å². The maximum absolute atomic E-state index is 6.58. The summed E-state index contributed by atoms with van der Waals surface area (Å²) in [5.74, 6) is 0. The fraction of sp³-hybridized carbons (Fsp3) is 0. The van der Waals surface area contributed by atoms with Gasteiger partial charge in [0, 0.05) is 33.0 Å². The molecule has 0 saturated heterocycles.